The summed E-state index contributed by atoms with van der Waals surface area (Å²) in [6.07, 6.45) is 9.82. The number of carbonyl (C=O) groups is 1. The van der Waals surface area contributed by atoms with Crippen molar-refractivity contribution in [3.8, 4) is 5.75 Å². The minimum atomic E-state index is -0.166. The van der Waals surface area contributed by atoms with E-state index in [2.05, 4.69) is 4.98 Å². The van der Waals surface area contributed by atoms with E-state index in [0.717, 1.165) is 60.9 Å². The first-order chi connectivity index (χ1) is 15.1. The van der Waals surface area contributed by atoms with Crippen molar-refractivity contribution in [2.24, 2.45) is 17.8 Å². The van der Waals surface area contributed by atoms with E-state index in [1.165, 1.54) is 32.8 Å². The average molecular weight is 430 g/mol. The van der Waals surface area contributed by atoms with Gasteiger partial charge in [-0.25, -0.2) is 4.98 Å². The Morgan fingerprint density at radius 2 is 1.94 bits per heavy atom. The zero-order valence-electron chi connectivity index (χ0n) is 18.8. The van der Waals surface area contributed by atoms with E-state index in [9.17, 15) is 4.79 Å². The molecule has 0 radical (unpaired) electrons. The molecule has 1 unspecified atom stereocenters. The fraction of sp³-hybridized carbons (Fsp3) is 0.680. The largest absolute Gasteiger partial charge is 0.493 e. The van der Waals surface area contributed by atoms with Crippen molar-refractivity contribution in [2.45, 2.75) is 70.8 Å². The summed E-state index contributed by atoms with van der Waals surface area (Å²) in [5.41, 5.74) is 1.73. The highest BCUT2D eigenvalue weighted by molar-refractivity contribution is 5.74. The molecule has 0 aliphatic heterocycles. The number of esters is 1. The molecule has 1 aromatic heterocycles. The predicted octanol–water partition coefficient (Wildman–Crippen LogP) is 5.32. The van der Waals surface area contributed by atoms with Gasteiger partial charge >= 0.3 is 5.97 Å². The van der Waals surface area contributed by atoms with Gasteiger partial charge < -0.3 is 18.6 Å². The van der Waals surface area contributed by atoms with E-state index < -0.39 is 0 Å². The van der Waals surface area contributed by atoms with Crippen LogP contribution in [0.25, 0.3) is 11.1 Å². The maximum atomic E-state index is 11.3. The van der Waals surface area contributed by atoms with Crippen LogP contribution in [0.3, 0.4) is 0 Å². The number of aromatic nitrogens is 1. The van der Waals surface area contributed by atoms with Crippen LogP contribution in [-0.4, -0.2) is 37.4 Å². The summed E-state index contributed by atoms with van der Waals surface area (Å²) in [6, 6.07) is 5.95. The third kappa shape index (κ3) is 6.70. The van der Waals surface area contributed by atoms with Gasteiger partial charge in [-0.15, -0.1) is 0 Å². The molecule has 0 N–H and O–H groups in total. The van der Waals surface area contributed by atoms with Crippen molar-refractivity contribution in [2.75, 3.05) is 20.3 Å². The minimum absolute atomic E-state index is 0.166. The van der Waals surface area contributed by atoms with Crippen LogP contribution in [0, 0.1) is 17.8 Å². The van der Waals surface area contributed by atoms with E-state index in [1.807, 2.05) is 25.1 Å². The highest BCUT2D eigenvalue weighted by atomic mass is 16.5. The lowest BCUT2D eigenvalue weighted by molar-refractivity contribution is -0.142. The van der Waals surface area contributed by atoms with Crippen LogP contribution >= 0.6 is 0 Å². The van der Waals surface area contributed by atoms with Gasteiger partial charge in [-0.1, -0.05) is 6.92 Å². The molecule has 0 amide bonds. The summed E-state index contributed by atoms with van der Waals surface area (Å²) in [4.78, 5) is 16.0. The first-order valence-corrected chi connectivity index (χ1v) is 11.8. The molecule has 2 aromatic rings. The van der Waals surface area contributed by atoms with Crippen LogP contribution in [0.1, 0.15) is 64.2 Å². The van der Waals surface area contributed by atoms with Gasteiger partial charge in [0, 0.05) is 12.5 Å². The first kappa shape index (κ1) is 22.1. The van der Waals surface area contributed by atoms with Crippen molar-refractivity contribution >= 4 is 17.1 Å². The molecule has 2 saturated carbocycles. The minimum Gasteiger partial charge on any atom is -0.493 e. The fourth-order valence-corrected chi connectivity index (χ4v) is 4.29. The fourth-order valence-electron chi connectivity index (χ4n) is 4.29. The van der Waals surface area contributed by atoms with Gasteiger partial charge in [0.1, 0.15) is 11.3 Å². The zero-order valence-corrected chi connectivity index (χ0v) is 18.8. The zero-order chi connectivity index (χ0) is 21.6. The number of rotatable bonds is 11. The van der Waals surface area contributed by atoms with E-state index in [0.29, 0.717) is 25.0 Å². The second-order valence-electron chi connectivity index (χ2n) is 9.39. The van der Waals surface area contributed by atoms with Crippen molar-refractivity contribution in [1.82, 2.24) is 4.98 Å². The molecule has 1 heterocycles. The monoisotopic (exact) mass is 429 g/mol. The molecule has 31 heavy (non-hydrogen) atoms. The number of carbonyl (C=O) groups excluding carboxylic acids is 1. The lowest BCUT2D eigenvalue weighted by atomic mass is 9.84. The van der Waals surface area contributed by atoms with Gasteiger partial charge in [0.25, 0.3) is 0 Å². The van der Waals surface area contributed by atoms with Gasteiger partial charge in [-0.3, -0.25) is 4.79 Å². The SMILES string of the molecule is COC(=O)CC(C)COC1CCC(CCc2nc3ccc(OCC4CC4)cc3o2)CC1. The van der Waals surface area contributed by atoms with Crippen LogP contribution in [0.15, 0.2) is 22.6 Å². The molecular formula is C25H35NO5. The molecule has 1 atom stereocenters. The molecule has 4 rings (SSSR count). The first-order valence-electron chi connectivity index (χ1n) is 11.8. The van der Waals surface area contributed by atoms with Crippen molar-refractivity contribution in [3.05, 3.63) is 24.1 Å². The maximum Gasteiger partial charge on any atom is 0.305 e. The molecule has 170 valence electrons. The Labute approximate surface area is 184 Å². The predicted molar refractivity (Wildman–Crippen MR) is 118 cm³/mol. The summed E-state index contributed by atoms with van der Waals surface area (Å²) in [5.74, 6) is 3.17. The highest BCUT2D eigenvalue weighted by Crippen LogP contribution is 2.32. The molecular weight excluding hydrogens is 394 g/mol. The number of fused-ring (bicyclic) bond motifs is 1. The second-order valence-corrected chi connectivity index (χ2v) is 9.39. The van der Waals surface area contributed by atoms with Crippen LogP contribution < -0.4 is 4.74 Å². The van der Waals surface area contributed by atoms with E-state index in [4.69, 9.17) is 18.6 Å². The molecule has 1 aromatic carbocycles. The summed E-state index contributed by atoms with van der Waals surface area (Å²) >= 11 is 0. The van der Waals surface area contributed by atoms with Gasteiger partial charge in [-0.2, -0.15) is 0 Å². The Kier molecular flexibility index (Phi) is 7.49. The molecule has 0 bridgehead atoms. The summed E-state index contributed by atoms with van der Waals surface area (Å²) in [7, 11) is 1.43. The standard InChI is InChI=1S/C25H35NO5/c1-17(13-25(27)28-2)15-29-20-8-5-18(6-9-20)7-12-24-26-22-11-10-21(14-23(22)31-24)30-16-19-3-4-19/h10-11,14,17-20H,3-9,12-13,15-16H2,1-2H3. The van der Waals surface area contributed by atoms with Gasteiger partial charge in [0.2, 0.25) is 0 Å². The van der Waals surface area contributed by atoms with Crippen LogP contribution in [0.2, 0.25) is 0 Å². The second kappa shape index (κ2) is 10.5. The molecule has 0 spiro atoms. The van der Waals surface area contributed by atoms with Gasteiger partial charge in [0.05, 0.1) is 32.8 Å². The average Bonchev–Trinajstić information content (AvgIpc) is 3.53. The van der Waals surface area contributed by atoms with E-state index in [-0.39, 0.29) is 11.9 Å². The third-order valence-electron chi connectivity index (χ3n) is 6.51. The van der Waals surface area contributed by atoms with Crippen LogP contribution in [0.5, 0.6) is 5.75 Å². The number of ether oxygens (including phenoxy) is 3. The van der Waals surface area contributed by atoms with Crippen LogP contribution in [-0.2, 0) is 20.7 Å². The molecule has 2 aliphatic rings. The summed E-state index contributed by atoms with van der Waals surface area (Å²) in [5, 5.41) is 0. The normalized spacial score (nSPS) is 22.4. The molecule has 6 heteroatoms. The Balaban J connectivity index is 1.17. The Hall–Kier alpha value is -2.08. The lowest BCUT2D eigenvalue weighted by Crippen LogP contribution is -2.24. The highest BCUT2D eigenvalue weighted by Gasteiger charge is 2.24. The van der Waals surface area contributed by atoms with Gasteiger partial charge in [-0.05, 0) is 74.8 Å². The summed E-state index contributed by atoms with van der Waals surface area (Å²) < 4.78 is 22.6. The summed E-state index contributed by atoms with van der Waals surface area (Å²) in [6.45, 7) is 3.47. The van der Waals surface area contributed by atoms with Crippen molar-refractivity contribution < 1.29 is 23.4 Å². The topological polar surface area (TPSA) is 70.8 Å². The Bertz CT molecular complexity index is 851. The number of hydrogen-bond acceptors (Lipinski definition) is 6. The van der Waals surface area contributed by atoms with E-state index in [1.54, 1.807) is 0 Å². The third-order valence-corrected chi connectivity index (χ3v) is 6.51. The van der Waals surface area contributed by atoms with E-state index >= 15 is 0 Å². The number of hydrogen-bond donors (Lipinski definition) is 0. The molecule has 6 nitrogen and oxygen atoms in total. The molecule has 0 saturated heterocycles. The quantitative estimate of drug-likeness (QED) is 0.450. The van der Waals surface area contributed by atoms with Crippen molar-refractivity contribution in [1.29, 1.82) is 0 Å². The van der Waals surface area contributed by atoms with Crippen molar-refractivity contribution in [3.63, 3.8) is 0 Å². The lowest BCUT2D eigenvalue weighted by Gasteiger charge is -2.29. The van der Waals surface area contributed by atoms with Gasteiger partial charge in [0.15, 0.2) is 11.5 Å². The smallest absolute Gasteiger partial charge is 0.305 e. The maximum absolute atomic E-state index is 11.3. The number of benzene rings is 1. The number of aryl methyl sites for hydroxylation is 1. The molecule has 2 fully saturated rings. The van der Waals surface area contributed by atoms with Crippen LogP contribution in [0.4, 0.5) is 0 Å². The number of oxazole rings is 1. The molecule has 2 aliphatic carbocycles. The number of methoxy groups -OCH3 is 1. The Morgan fingerprint density at radius 3 is 2.68 bits per heavy atom. The Morgan fingerprint density at radius 1 is 1.16 bits per heavy atom. The number of nitrogens with zero attached hydrogens (tertiary/aromatic N) is 1.